The van der Waals surface area contributed by atoms with Gasteiger partial charge in [-0.15, -0.1) is 0 Å². The van der Waals surface area contributed by atoms with Gasteiger partial charge in [-0.2, -0.15) is 5.06 Å². The van der Waals surface area contributed by atoms with E-state index in [1.165, 1.54) is 5.56 Å². The number of hydroxylamine groups is 2. The molecule has 1 aromatic carbocycles. The number of fused-ring (bicyclic) bond motifs is 1. The van der Waals surface area contributed by atoms with Crippen molar-refractivity contribution in [1.82, 2.24) is 19.5 Å². The monoisotopic (exact) mass is 402 g/mol. The van der Waals surface area contributed by atoms with Gasteiger partial charge in [-0.05, 0) is 51.2 Å². The molecule has 1 amide bonds. The molecule has 1 aliphatic heterocycles. The summed E-state index contributed by atoms with van der Waals surface area (Å²) in [6.07, 6.45) is 1.79. The normalized spacial score (nSPS) is 23.2. The van der Waals surface area contributed by atoms with E-state index in [4.69, 9.17) is 9.57 Å². The Kier molecular flexibility index (Phi) is 5.16. The van der Waals surface area contributed by atoms with Crippen LogP contribution in [-0.4, -0.2) is 63.5 Å². The fourth-order valence-electron chi connectivity index (χ4n) is 4.09. The third-order valence-corrected chi connectivity index (χ3v) is 5.67. The number of aryl methyl sites for hydroxylation is 1. The Balaban J connectivity index is 1.28. The summed E-state index contributed by atoms with van der Waals surface area (Å²) in [6, 6.07) is 6.05. The van der Waals surface area contributed by atoms with Crippen molar-refractivity contribution in [2.75, 3.05) is 26.2 Å². The van der Waals surface area contributed by atoms with Crippen LogP contribution in [0.2, 0.25) is 0 Å². The molecule has 0 atom stereocenters. The predicted octanol–water partition coefficient (Wildman–Crippen LogP) is 2.60. The molecule has 1 saturated heterocycles. The third kappa shape index (κ3) is 4.18. The lowest BCUT2D eigenvalue weighted by Crippen LogP contribution is -2.51. The number of hydrogen-bond acceptors (Lipinski definition) is 5. The maximum absolute atomic E-state index is 12.2. The summed E-state index contributed by atoms with van der Waals surface area (Å²) in [6.45, 7) is 8.21. The topological polar surface area (TPSA) is 79.8 Å². The minimum absolute atomic E-state index is 0.0811. The number of nitrogens with zero attached hydrogens (tertiary/aromatic N) is 3. The molecule has 0 radical (unpaired) electrons. The van der Waals surface area contributed by atoms with Crippen molar-refractivity contribution in [3.8, 4) is 0 Å². The van der Waals surface area contributed by atoms with Crippen molar-refractivity contribution in [2.45, 2.75) is 51.2 Å². The first-order valence-electron chi connectivity index (χ1n) is 10.3. The van der Waals surface area contributed by atoms with E-state index in [1.54, 1.807) is 9.47 Å². The number of aromatic nitrogens is 2. The minimum atomic E-state index is -0.475. The van der Waals surface area contributed by atoms with Gasteiger partial charge < -0.3 is 14.6 Å². The molecule has 29 heavy (non-hydrogen) atoms. The number of ether oxygens (including phenoxy) is 1. The van der Waals surface area contributed by atoms with Crippen molar-refractivity contribution in [2.24, 2.45) is 7.05 Å². The second-order valence-corrected chi connectivity index (χ2v) is 9.02. The standard InChI is InChI=1S/C21H30N4O4/c1-21(2,3)28-20(27)24-8-10-25(11-9-24)29-15-12-14(13-15)16-6-5-7-17-18(16)23(4)19(26)22-17/h5-7,14-15H,8-13H2,1-4H3,(H,22,26). The van der Waals surface area contributed by atoms with Crippen molar-refractivity contribution in [3.63, 3.8) is 0 Å². The summed E-state index contributed by atoms with van der Waals surface area (Å²) in [5, 5.41) is 1.97. The van der Waals surface area contributed by atoms with Crippen LogP contribution in [0.4, 0.5) is 4.79 Å². The van der Waals surface area contributed by atoms with Crippen LogP contribution in [0.3, 0.4) is 0 Å². The molecule has 0 unspecified atom stereocenters. The number of nitrogens with one attached hydrogen (secondary N) is 1. The van der Waals surface area contributed by atoms with Gasteiger partial charge in [0.1, 0.15) is 5.60 Å². The maximum Gasteiger partial charge on any atom is 0.410 e. The summed E-state index contributed by atoms with van der Waals surface area (Å²) >= 11 is 0. The summed E-state index contributed by atoms with van der Waals surface area (Å²) in [7, 11) is 1.81. The number of carbonyl (C=O) groups is 1. The van der Waals surface area contributed by atoms with E-state index in [0.717, 1.165) is 23.9 Å². The van der Waals surface area contributed by atoms with Crippen LogP contribution in [0, 0.1) is 0 Å². The van der Waals surface area contributed by atoms with Crippen LogP contribution in [0.5, 0.6) is 0 Å². The molecule has 1 aromatic heterocycles. The van der Waals surface area contributed by atoms with Crippen LogP contribution in [0.1, 0.15) is 45.1 Å². The van der Waals surface area contributed by atoms with Crippen LogP contribution >= 0.6 is 0 Å². The van der Waals surface area contributed by atoms with E-state index >= 15 is 0 Å². The molecule has 0 spiro atoms. The molecule has 1 saturated carbocycles. The second kappa shape index (κ2) is 7.50. The highest BCUT2D eigenvalue weighted by Gasteiger charge is 2.35. The molecule has 2 aromatic rings. The molecule has 4 rings (SSSR count). The van der Waals surface area contributed by atoms with Crippen molar-refractivity contribution in [3.05, 3.63) is 34.2 Å². The van der Waals surface area contributed by atoms with Gasteiger partial charge in [-0.25, -0.2) is 9.59 Å². The van der Waals surface area contributed by atoms with Gasteiger partial charge in [-0.1, -0.05) is 12.1 Å². The van der Waals surface area contributed by atoms with E-state index in [2.05, 4.69) is 11.1 Å². The fraction of sp³-hybridized carbons (Fsp3) is 0.619. The molecule has 1 aliphatic carbocycles. The molecular weight excluding hydrogens is 372 g/mol. The van der Waals surface area contributed by atoms with E-state index < -0.39 is 5.60 Å². The Bertz CT molecular complexity index is 944. The number of piperazine rings is 1. The Labute approximate surface area is 170 Å². The zero-order chi connectivity index (χ0) is 20.8. The van der Waals surface area contributed by atoms with Gasteiger partial charge in [0.2, 0.25) is 0 Å². The SMILES string of the molecule is Cn1c(=O)[nH]c2cccc(C3CC(ON4CCN(C(=O)OC(C)(C)C)CC4)C3)c21. The molecular formula is C21H30N4O4. The van der Waals surface area contributed by atoms with Crippen molar-refractivity contribution < 1.29 is 14.4 Å². The average Bonchev–Trinajstić information content (AvgIpc) is 2.91. The lowest BCUT2D eigenvalue weighted by Gasteiger charge is -2.41. The van der Waals surface area contributed by atoms with E-state index in [0.29, 0.717) is 32.1 Å². The van der Waals surface area contributed by atoms with Crippen molar-refractivity contribution in [1.29, 1.82) is 0 Å². The van der Waals surface area contributed by atoms with Gasteiger partial charge in [-0.3, -0.25) is 9.40 Å². The molecule has 8 heteroatoms. The lowest BCUT2D eigenvalue weighted by molar-refractivity contribution is -0.230. The number of hydrogen-bond donors (Lipinski definition) is 1. The molecule has 2 aliphatic rings. The van der Waals surface area contributed by atoms with Gasteiger partial charge in [0.05, 0.1) is 17.1 Å². The van der Waals surface area contributed by atoms with Gasteiger partial charge in [0.25, 0.3) is 0 Å². The Morgan fingerprint density at radius 1 is 1.14 bits per heavy atom. The highest BCUT2D eigenvalue weighted by molar-refractivity contribution is 5.79. The number of rotatable bonds is 3. The lowest BCUT2D eigenvalue weighted by atomic mass is 9.77. The largest absolute Gasteiger partial charge is 0.444 e. The van der Waals surface area contributed by atoms with Gasteiger partial charge >= 0.3 is 11.8 Å². The van der Waals surface area contributed by atoms with E-state index in [-0.39, 0.29) is 17.9 Å². The van der Waals surface area contributed by atoms with E-state index in [9.17, 15) is 9.59 Å². The number of para-hydroxylation sites is 1. The summed E-state index contributed by atoms with van der Waals surface area (Å²) in [5.41, 5.74) is 2.53. The quantitative estimate of drug-likeness (QED) is 0.854. The fourth-order valence-corrected chi connectivity index (χ4v) is 4.09. The maximum atomic E-state index is 12.2. The van der Waals surface area contributed by atoms with Crippen LogP contribution in [-0.2, 0) is 16.6 Å². The number of H-pyrrole nitrogens is 1. The Morgan fingerprint density at radius 3 is 2.48 bits per heavy atom. The number of benzene rings is 1. The summed E-state index contributed by atoms with van der Waals surface area (Å²) in [4.78, 5) is 34.9. The molecule has 8 nitrogen and oxygen atoms in total. The number of amides is 1. The number of imidazole rings is 1. The average molecular weight is 402 g/mol. The summed E-state index contributed by atoms with van der Waals surface area (Å²) in [5.74, 6) is 0.396. The summed E-state index contributed by atoms with van der Waals surface area (Å²) < 4.78 is 7.13. The zero-order valence-corrected chi connectivity index (χ0v) is 17.6. The molecule has 2 heterocycles. The third-order valence-electron chi connectivity index (χ3n) is 5.67. The Morgan fingerprint density at radius 2 is 1.83 bits per heavy atom. The first-order chi connectivity index (χ1) is 13.7. The van der Waals surface area contributed by atoms with Crippen LogP contribution < -0.4 is 5.69 Å². The Hall–Kier alpha value is -2.32. The smallest absolute Gasteiger partial charge is 0.410 e. The van der Waals surface area contributed by atoms with Crippen LogP contribution in [0.25, 0.3) is 11.0 Å². The molecule has 158 valence electrons. The second-order valence-electron chi connectivity index (χ2n) is 9.02. The number of aromatic amines is 1. The predicted molar refractivity (Wildman–Crippen MR) is 110 cm³/mol. The highest BCUT2D eigenvalue weighted by atomic mass is 16.7. The number of carbonyl (C=O) groups excluding carboxylic acids is 1. The van der Waals surface area contributed by atoms with E-state index in [1.807, 2.05) is 45.0 Å². The van der Waals surface area contributed by atoms with Crippen molar-refractivity contribution >= 4 is 17.1 Å². The minimum Gasteiger partial charge on any atom is -0.444 e. The van der Waals surface area contributed by atoms with Gasteiger partial charge in [0, 0.05) is 33.2 Å². The van der Waals surface area contributed by atoms with Crippen LogP contribution in [0.15, 0.2) is 23.0 Å². The zero-order valence-electron chi connectivity index (χ0n) is 17.6. The first kappa shape index (κ1) is 20.0. The first-order valence-corrected chi connectivity index (χ1v) is 10.3. The van der Waals surface area contributed by atoms with Gasteiger partial charge in [0.15, 0.2) is 0 Å². The molecule has 2 fully saturated rings. The highest BCUT2D eigenvalue weighted by Crippen LogP contribution is 2.41. The molecule has 0 bridgehead atoms. The molecule has 1 N–H and O–H groups in total.